The van der Waals surface area contributed by atoms with E-state index in [2.05, 4.69) is 22.1 Å². The van der Waals surface area contributed by atoms with Crippen LogP contribution in [0.15, 0.2) is 48.7 Å². The summed E-state index contributed by atoms with van der Waals surface area (Å²) in [5.41, 5.74) is 2.17. The normalized spacial score (nSPS) is 23.5. The number of anilines is 1. The first-order valence-corrected chi connectivity index (χ1v) is 9.84. The quantitative estimate of drug-likeness (QED) is 0.818. The van der Waals surface area contributed by atoms with Crippen LogP contribution in [0.5, 0.6) is 0 Å². The first kappa shape index (κ1) is 17.6. The first-order chi connectivity index (χ1) is 13.0. The van der Waals surface area contributed by atoms with E-state index in [1.54, 1.807) is 22.9 Å². The number of fused-ring (bicyclic) bond motifs is 1. The Morgan fingerprint density at radius 1 is 1.30 bits per heavy atom. The number of hydrogen-bond donors (Lipinski definition) is 1. The van der Waals surface area contributed by atoms with Crippen molar-refractivity contribution in [2.75, 3.05) is 11.1 Å². The smallest absolute Gasteiger partial charge is 0.248 e. The minimum absolute atomic E-state index is 0.0672. The first-order valence-electron chi connectivity index (χ1n) is 8.85. The van der Waals surface area contributed by atoms with Gasteiger partial charge >= 0.3 is 0 Å². The molecule has 0 saturated carbocycles. The molecule has 0 bridgehead atoms. The fourth-order valence-corrected chi connectivity index (χ4v) is 4.92. The van der Waals surface area contributed by atoms with Gasteiger partial charge in [-0.3, -0.25) is 9.59 Å². The zero-order valence-electron chi connectivity index (χ0n) is 14.9. The zero-order valence-corrected chi connectivity index (χ0v) is 15.8. The Morgan fingerprint density at radius 2 is 2.19 bits per heavy atom. The molecule has 0 radical (unpaired) electrons. The Kier molecular flexibility index (Phi) is 4.63. The number of benzene rings is 1. The Balaban J connectivity index is 1.48. The van der Waals surface area contributed by atoms with Gasteiger partial charge in [0.05, 0.1) is 4.87 Å². The lowest BCUT2D eigenvalue weighted by atomic mass is 10.1. The third-order valence-electron chi connectivity index (χ3n) is 4.88. The van der Waals surface area contributed by atoms with Gasteiger partial charge in [-0.2, -0.15) is 0 Å². The maximum absolute atomic E-state index is 12.8. The molecule has 2 amide bonds. The molecule has 2 fully saturated rings. The largest absolute Gasteiger partial charge is 0.324 e. The molecule has 136 valence electrons. The number of amides is 2. The maximum Gasteiger partial charge on any atom is 0.248 e. The van der Waals surface area contributed by atoms with Crippen molar-refractivity contribution >= 4 is 29.3 Å². The Labute approximate surface area is 162 Å². The van der Waals surface area contributed by atoms with E-state index in [1.807, 2.05) is 49.4 Å². The van der Waals surface area contributed by atoms with Crippen LogP contribution in [0.25, 0.3) is 0 Å². The number of carbonyl (C=O) groups is 2. The molecule has 2 aliphatic rings. The number of thioether (sulfide) groups is 1. The van der Waals surface area contributed by atoms with Crippen LogP contribution in [0, 0.1) is 11.8 Å². The standard InChI is InChI=1S/C21H19N3O2S/c1-21-11-10-19(25)24(21)18(14-27-21)20(26)23-17-7-4-5-15(13-17)8-9-16-6-2-3-12-22-16/h2-7,12-13,18H,10-11,14H2,1H3,(H,23,26)/t18-,21+/m0/s1. The number of rotatable bonds is 2. The van der Waals surface area contributed by atoms with Crippen LogP contribution < -0.4 is 5.32 Å². The summed E-state index contributed by atoms with van der Waals surface area (Å²) in [5, 5.41) is 2.94. The van der Waals surface area contributed by atoms with Crippen molar-refractivity contribution < 1.29 is 9.59 Å². The fraction of sp³-hybridized carbons (Fsp3) is 0.286. The monoisotopic (exact) mass is 377 g/mol. The van der Waals surface area contributed by atoms with E-state index >= 15 is 0 Å². The lowest BCUT2D eigenvalue weighted by molar-refractivity contribution is -0.135. The van der Waals surface area contributed by atoms with Crippen LogP contribution in [0.3, 0.4) is 0 Å². The second-order valence-corrected chi connectivity index (χ2v) is 8.30. The van der Waals surface area contributed by atoms with Gasteiger partial charge in [0, 0.05) is 29.6 Å². The molecule has 3 heterocycles. The van der Waals surface area contributed by atoms with Crippen molar-refractivity contribution in [1.29, 1.82) is 0 Å². The molecular weight excluding hydrogens is 358 g/mol. The number of aromatic nitrogens is 1. The van der Waals surface area contributed by atoms with Crippen LogP contribution >= 0.6 is 11.8 Å². The predicted molar refractivity (Wildman–Crippen MR) is 106 cm³/mol. The highest BCUT2D eigenvalue weighted by Crippen LogP contribution is 2.47. The lowest BCUT2D eigenvalue weighted by Gasteiger charge is -2.29. The molecule has 0 spiro atoms. The van der Waals surface area contributed by atoms with Gasteiger partial charge in [-0.15, -0.1) is 11.8 Å². The van der Waals surface area contributed by atoms with Gasteiger partial charge < -0.3 is 10.2 Å². The summed E-state index contributed by atoms with van der Waals surface area (Å²) in [6.07, 6.45) is 3.03. The second kappa shape index (κ2) is 7.09. The molecule has 0 aliphatic carbocycles. The van der Waals surface area contributed by atoms with E-state index in [0.29, 0.717) is 23.6 Å². The minimum Gasteiger partial charge on any atom is -0.324 e. The van der Waals surface area contributed by atoms with Crippen LogP contribution in [-0.2, 0) is 9.59 Å². The molecule has 6 heteroatoms. The van der Waals surface area contributed by atoms with Crippen LogP contribution in [0.4, 0.5) is 5.69 Å². The zero-order chi connectivity index (χ0) is 18.9. The molecular formula is C21H19N3O2S. The molecule has 2 aromatic rings. The number of carbonyl (C=O) groups excluding carboxylic acids is 2. The maximum atomic E-state index is 12.8. The van der Waals surface area contributed by atoms with Gasteiger partial charge in [0.25, 0.3) is 0 Å². The summed E-state index contributed by atoms with van der Waals surface area (Å²) in [5.74, 6) is 6.63. The minimum atomic E-state index is -0.418. The third-order valence-corrected chi connectivity index (χ3v) is 6.38. The summed E-state index contributed by atoms with van der Waals surface area (Å²) in [7, 11) is 0. The number of nitrogens with one attached hydrogen (secondary N) is 1. The summed E-state index contributed by atoms with van der Waals surface area (Å²) >= 11 is 1.69. The van der Waals surface area contributed by atoms with Crippen LogP contribution in [-0.4, -0.2) is 38.4 Å². The van der Waals surface area contributed by atoms with E-state index in [9.17, 15) is 9.59 Å². The Morgan fingerprint density at radius 3 is 3.00 bits per heavy atom. The van der Waals surface area contributed by atoms with Gasteiger partial charge in [0.15, 0.2) is 0 Å². The molecule has 27 heavy (non-hydrogen) atoms. The van der Waals surface area contributed by atoms with E-state index in [-0.39, 0.29) is 16.7 Å². The van der Waals surface area contributed by atoms with Crippen molar-refractivity contribution in [3.63, 3.8) is 0 Å². The summed E-state index contributed by atoms with van der Waals surface area (Å²) in [6.45, 7) is 2.05. The van der Waals surface area contributed by atoms with Gasteiger partial charge in [0.2, 0.25) is 11.8 Å². The average Bonchev–Trinajstić information content (AvgIpc) is 3.17. The molecule has 1 aromatic carbocycles. The molecule has 2 aliphatic heterocycles. The molecule has 2 saturated heterocycles. The average molecular weight is 377 g/mol. The molecule has 4 rings (SSSR count). The SMILES string of the molecule is C[C@@]12CCC(=O)N1[C@H](C(=O)Nc1cccc(C#Cc3ccccn3)c1)CS2. The molecule has 0 unspecified atom stereocenters. The van der Waals surface area contributed by atoms with E-state index in [0.717, 1.165) is 12.0 Å². The Hall–Kier alpha value is -2.78. The van der Waals surface area contributed by atoms with Crippen molar-refractivity contribution in [3.8, 4) is 11.8 Å². The van der Waals surface area contributed by atoms with Gasteiger partial charge in [-0.1, -0.05) is 18.1 Å². The van der Waals surface area contributed by atoms with E-state index < -0.39 is 6.04 Å². The van der Waals surface area contributed by atoms with Gasteiger partial charge in [0.1, 0.15) is 11.7 Å². The van der Waals surface area contributed by atoms with Crippen molar-refractivity contribution in [2.24, 2.45) is 0 Å². The van der Waals surface area contributed by atoms with Crippen LogP contribution in [0.1, 0.15) is 31.0 Å². The third kappa shape index (κ3) is 3.56. The van der Waals surface area contributed by atoms with Gasteiger partial charge in [-0.25, -0.2) is 4.98 Å². The van der Waals surface area contributed by atoms with Crippen LogP contribution in [0.2, 0.25) is 0 Å². The molecule has 1 N–H and O–H groups in total. The number of hydrogen-bond acceptors (Lipinski definition) is 4. The second-order valence-electron chi connectivity index (χ2n) is 6.80. The van der Waals surface area contributed by atoms with Crippen molar-refractivity contribution in [2.45, 2.75) is 30.7 Å². The predicted octanol–water partition coefficient (Wildman–Crippen LogP) is 2.87. The highest BCUT2D eigenvalue weighted by Gasteiger charge is 2.52. The highest BCUT2D eigenvalue weighted by atomic mass is 32.2. The summed E-state index contributed by atoms with van der Waals surface area (Å²) in [4.78, 5) is 30.7. The van der Waals surface area contributed by atoms with Gasteiger partial charge in [-0.05, 0) is 49.6 Å². The summed E-state index contributed by atoms with van der Waals surface area (Å²) in [6, 6.07) is 12.6. The number of nitrogens with zero attached hydrogens (tertiary/aromatic N) is 2. The summed E-state index contributed by atoms with van der Waals surface area (Å²) < 4.78 is 0. The number of pyridine rings is 1. The Bertz CT molecular complexity index is 951. The lowest BCUT2D eigenvalue weighted by Crippen LogP contribution is -2.48. The van der Waals surface area contributed by atoms with E-state index in [4.69, 9.17) is 0 Å². The van der Waals surface area contributed by atoms with E-state index in [1.165, 1.54) is 0 Å². The fourth-order valence-electron chi connectivity index (χ4n) is 3.49. The van der Waals surface area contributed by atoms with Crippen molar-refractivity contribution in [1.82, 2.24) is 9.88 Å². The molecule has 5 nitrogen and oxygen atoms in total. The molecule has 1 aromatic heterocycles. The topological polar surface area (TPSA) is 62.3 Å². The molecule has 2 atom stereocenters. The van der Waals surface area contributed by atoms with Crippen molar-refractivity contribution in [3.05, 3.63) is 59.9 Å². The highest BCUT2D eigenvalue weighted by molar-refractivity contribution is 8.01.